The smallest absolute Gasteiger partial charge is 0.138 e. The molecule has 1 aromatic heterocycles. The number of aliphatic hydroxyl groups excluding tert-OH is 1. The molecule has 130 valence electrons. The van der Waals surface area contributed by atoms with Crippen molar-refractivity contribution >= 4 is 0 Å². The predicted octanol–water partition coefficient (Wildman–Crippen LogP) is 2.83. The highest BCUT2D eigenvalue weighted by atomic mass is 16.3. The Labute approximate surface area is 148 Å². The van der Waals surface area contributed by atoms with Crippen LogP contribution in [0.3, 0.4) is 0 Å². The quantitative estimate of drug-likeness (QED) is 0.664. The Bertz CT molecular complexity index is 772. The summed E-state index contributed by atoms with van der Waals surface area (Å²) < 4.78 is 1.78. The molecule has 0 saturated heterocycles. The monoisotopic (exact) mass is 336 g/mol. The number of aryl methyl sites for hydroxylation is 1. The van der Waals surface area contributed by atoms with Crippen LogP contribution in [0, 0.1) is 6.92 Å². The second-order valence-corrected chi connectivity index (χ2v) is 6.21. The highest BCUT2D eigenvalue weighted by Gasteiger charge is 2.10. The van der Waals surface area contributed by atoms with Crippen molar-refractivity contribution in [3.05, 3.63) is 77.9 Å². The van der Waals surface area contributed by atoms with Crippen molar-refractivity contribution in [3.8, 4) is 5.69 Å². The molecular formula is C20H24N4O. The third-order valence-corrected chi connectivity index (χ3v) is 4.40. The molecule has 25 heavy (non-hydrogen) atoms. The molecule has 0 radical (unpaired) electrons. The maximum atomic E-state index is 9.33. The van der Waals surface area contributed by atoms with Crippen LogP contribution in [0.5, 0.6) is 0 Å². The molecule has 1 unspecified atom stereocenters. The van der Waals surface area contributed by atoms with E-state index in [2.05, 4.69) is 52.7 Å². The predicted molar refractivity (Wildman–Crippen MR) is 98.7 cm³/mol. The molecule has 3 aromatic rings. The number of hydrogen-bond donors (Lipinski definition) is 2. The molecule has 0 spiro atoms. The van der Waals surface area contributed by atoms with Crippen molar-refractivity contribution in [2.45, 2.75) is 25.8 Å². The fourth-order valence-corrected chi connectivity index (χ4v) is 3.08. The Morgan fingerprint density at radius 1 is 1.16 bits per heavy atom. The molecule has 1 atom stereocenters. The molecule has 3 rings (SSSR count). The molecule has 0 fully saturated rings. The van der Waals surface area contributed by atoms with Gasteiger partial charge in [-0.25, -0.2) is 9.67 Å². The van der Waals surface area contributed by atoms with Crippen LogP contribution >= 0.6 is 0 Å². The lowest BCUT2D eigenvalue weighted by atomic mass is 9.96. The molecule has 0 saturated carbocycles. The fourth-order valence-electron chi connectivity index (χ4n) is 3.08. The van der Waals surface area contributed by atoms with Crippen LogP contribution < -0.4 is 5.32 Å². The van der Waals surface area contributed by atoms with Crippen LogP contribution in [0.25, 0.3) is 5.69 Å². The van der Waals surface area contributed by atoms with Gasteiger partial charge in [-0.1, -0.05) is 42.5 Å². The minimum atomic E-state index is 0.201. The van der Waals surface area contributed by atoms with E-state index in [1.165, 1.54) is 16.7 Å². The zero-order chi connectivity index (χ0) is 17.5. The van der Waals surface area contributed by atoms with Crippen molar-refractivity contribution in [3.63, 3.8) is 0 Å². The lowest BCUT2D eigenvalue weighted by molar-refractivity contribution is 0.273. The molecule has 0 aliphatic heterocycles. The third-order valence-electron chi connectivity index (χ3n) is 4.40. The first kappa shape index (κ1) is 17.3. The number of benzene rings is 2. The van der Waals surface area contributed by atoms with E-state index in [1.54, 1.807) is 17.3 Å². The Kier molecular flexibility index (Phi) is 5.93. The van der Waals surface area contributed by atoms with E-state index in [0.29, 0.717) is 5.92 Å². The largest absolute Gasteiger partial charge is 0.396 e. The lowest BCUT2D eigenvalue weighted by Crippen LogP contribution is -2.22. The number of aromatic nitrogens is 3. The maximum absolute atomic E-state index is 9.33. The summed E-state index contributed by atoms with van der Waals surface area (Å²) in [6, 6.07) is 16.7. The molecule has 2 N–H and O–H groups in total. The number of aliphatic hydroxyl groups is 1. The average Bonchev–Trinajstić information content (AvgIpc) is 3.16. The number of nitrogens with zero attached hydrogens (tertiary/aromatic N) is 3. The summed E-state index contributed by atoms with van der Waals surface area (Å²) in [5.41, 5.74) is 4.71. The van der Waals surface area contributed by atoms with Gasteiger partial charge >= 0.3 is 0 Å². The van der Waals surface area contributed by atoms with Crippen LogP contribution in [0.1, 0.15) is 29.0 Å². The number of nitrogens with one attached hydrogen (secondary N) is 1. The van der Waals surface area contributed by atoms with E-state index in [4.69, 9.17) is 0 Å². The fraction of sp³-hybridized carbons (Fsp3) is 0.300. The summed E-state index contributed by atoms with van der Waals surface area (Å²) >= 11 is 0. The minimum absolute atomic E-state index is 0.201. The highest BCUT2D eigenvalue weighted by Crippen LogP contribution is 2.19. The first-order valence-electron chi connectivity index (χ1n) is 8.59. The van der Waals surface area contributed by atoms with E-state index in [9.17, 15) is 5.11 Å². The van der Waals surface area contributed by atoms with Gasteiger partial charge in [0.05, 0.1) is 5.69 Å². The molecular weight excluding hydrogens is 312 g/mol. The first-order chi connectivity index (χ1) is 12.3. The molecule has 5 nitrogen and oxygen atoms in total. The van der Waals surface area contributed by atoms with Gasteiger partial charge in [0.25, 0.3) is 0 Å². The maximum Gasteiger partial charge on any atom is 0.138 e. The summed E-state index contributed by atoms with van der Waals surface area (Å²) in [6.45, 7) is 3.92. The summed E-state index contributed by atoms with van der Waals surface area (Å²) in [4.78, 5) is 4.00. The van der Waals surface area contributed by atoms with Gasteiger partial charge in [-0.15, -0.1) is 0 Å². The van der Waals surface area contributed by atoms with Gasteiger partial charge in [-0.2, -0.15) is 5.10 Å². The van der Waals surface area contributed by atoms with Crippen molar-refractivity contribution in [1.29, 1.82) is 0 Å². The third kappa shape index (κ3) is 4.53. The molecule has 1 heterocycles. The Morgan fingerprint density at radius 2 is 2.00 bits per heavy atom. The normalized spacial score (nSPS) is 12.2. The molecule has 2 aromatic carbocycles. The topological polar surface area (TPSA) is 63.0 Å². The standard InChI is InChI=1S/C20H24N4O/c1-16-11-17(7-8-20(16)24-15-22-14-23-24)12-21-13-19(9-10-25)18-5-3-2-4-6-18/h2-8,11,14-15,19,21,25H,9-10,12-13H2,1H3. The number of rotatable bonds is 8. The Morgan fingerprint density at radius 3 is 2.68 bits per heavy atom. The van der Waals surface area contributed by atoms with E-state index in [0.717, 1.165) is 25.2 Å². The van der Waals surface area contributed by atoms with Crippen molar-refractivity contribution < 1.29 is 5.11 Å². The number of hydrogen-bond acceptors (Lipinski definition) is 4. The van der Waals surface area contributed by atoms with Gasteiger partial charge < -0.3 is 10.4 Å². The SMILES string of the molecule is Cc1cc(CNCC(CCO)c2ccccc2)ccc1-n1cncn1. The van der Waals surface area contributed by atoms with Gasteiger partial charge in [0.2, 0.25) is 0 Å². The van der Waals surface area contributed by atoms with Gasteiger partial charge in [-0.3, -0.25) is 0 Å². The zero-order valence-electron chi connectivity index (χ0n) is 14.5. The highest BCUT2D eigenvalue weighted by molar-refractivity contribution is 5.41. The summed E-state index contributed by atoms with van der Waals surface area (Å²) in [5.74, 6) is 0.321. The Balaban J connectivity index is 1.60. The molecule has 0 bridgehead atoms. The van der Waals surface area contributed by atoms with Crippen molar-refractivity contribution in [2.75, 3.05) is 13.2 Å². The van der Waals surface area contributed by atoms with E-state index >= 15 is 0 Å². The average molecular weight is 336 g/mol. The van der Waals surface area contributed by atoms with E-state index in [1.807, 2.05) is 18.2 Å². The van der Waals surface area contributed by atoms with Gasteiger partial charge in [0, 0.05) is 19.7 Å². The van der Waals surface area contributed by atoms with Crippen molar-refractivity contribution in [2.24, 2.45) is 0 Å². The van der Waals surface area contributed by atoms with Gasteiger partial charge in [0.15, 0.2) is 0 Å². The van der Waals surface area contributed by atoms with Crippen LogP contribution in [0.4, 0.5) is 0 Å². The zero-order valence-corrected chi connectivity index (χ0v) is 14.5. The van der Waals surface area contributed by atoms with Crippen LogP contribution in [-0.4, -0.2) is 33.0 Å². The summed E-state index contributed by atoms with van der Waals surface area (Å²) in [7, 11) is 0. The first-order valence-corrected chi connectivity index (χ1v) is 8.59. The second-order valence-electron chi connectivity index (χ2n) is 6.21. The van der Waals surface area contributed by atoms with Gasteiger partial charge in [-0.05, 0) is 42.0 Å². The minimum Gasteiger partial charge on any atom is -0.396 e. The van der Waals surface area contributed by atoms with Crippen LogP contribution in [-0.2, 0) is 6.54 Å². The Hall–Kier alpha value is -2.50. The lowest BCUT2D eigenvalue weighted by Gasteiger charge is -2.17. The molecule has 5 heteroatoms. The second kappa shape index (κ2) is 8.55. The summed E-state index contributed by atoms with van der Waals surface area (Å²) in [5, 5.41) is 17.0. The van der Waals surface area contributed by atoms with Crippen molar-refractivity contribution in [1.82, 2.24) is 20.1 Å². The molecule has 0 amide bonds. The van der Waals surface area contributed by atoms with Crippen LogP contribution in [0.2, 0.25) is 0 Å². The van der Waals surface area contributed by atoms with Gasteiger partial charge in [0.1, 0.15) is 12.7 Å². The summed E-state index contributed by atoms with van der Waals surface area (Å²) in [6.07, 6.45) is 4.01. The van der Waals surface area contributed by atoms with E-state index < -0.39 is 0 Å². The molecule has 0 aliphatic rings. The van der Waals surface area contributed by atoms with Crippen LogP contribution in [0.15, 0.2) is 61.2 Å². The molecule has 0 aliphatic carbocycles. The van der Waals surface area contributed by atoms with E-state index in [-0.39, 0.29) is 6.61 Å².